The molecule has 130 valence electrons. The summed E-state index contributed by atoms with van der Waals surface area (Å²) in [5.41, 5.74) is 1.76. The van der Waals surface area contributed by atoms with Crippen LogP contribution in [0, 0.1) is 16.2 Å². The Kier molecular flexibility index (Phi) is 3.64. The summed E-state index contributed by atoms with van der Waals surface area (Å²) in [4.78, 5) is 12.8. The molecule has 0 unspecified atom stereocenters. The van der Waals surface area contributed by atoms with E-state index in [1.54, 1.807) is 0 Å². The highest BCUT2D eigenvalue weighted by atomic mass is 16.3. The fourth-order valence-electron chi connectivity index (χ4n) is 4.54. The molecule has 24 heavy (non-hydrogen) atoms. The van der Waals surface area contributed by atoms with Crippen molar-refractivity contribution in [1.82, 2.24) is 5.43 Å². The Morgan fingerprint density at radius 2 is 2.00 bits per heavy atom. The second-order valence-electron chi connectivity index (χ2n) is 7.79. The van der Waals surface area contributed by atoms with E-state index in [1.807, 2.05) is 13.8 Å². The molecule has 1 aromatic rings. The minimum absolute atomic E-state index is 0.0421. The third kappa shape index (κ3) is 2.05. The highest BCUT2D eigenvalue weighted by molar-refractivity contribution is 5.88. The normalized spacial score (nSPS) is 33.9. The van der Waals surface area contributed by atoms with E-state index in [-0.39, 0.29) is 28.2 Å². The standard InChI is InChI=1S/C18H24N2O4/c1-16(2)17(3)6-7-18(16,9-14(17)23)15(24)20-19-10-11-4-5-12(21)8-13(11)22/h4-5,8,10,14,21-23H,6-7,9H2,1-3H3,(H,20,24)/b19-10-/t14-,17-,18-/m0/s1. The lowest BCUT2D eigenvalue weighted by Gasteiger charge is -2.39. The maximum Gasteiger partial charge on any atom is 0.246 e. The van der Waals surface area contributed by atoms with Gasteiger partial charge in [-0.25, -0.2) is 5.43 Å². The number of hydrogen-bond acceptors (Lipinski definition) is 5. The van der Waals surface area contributed by atoms with Crippen LogP contribution in [0.5, 0.6) is 11.5 Å². The predicted octanol–water partition coefficient (Wildman–Crippen LogP) is 2.13. The number of fused-ring (bicyclic) bond motifs is 2. The molecule has 0 saturated heterocycles. The van der Waals surface area contributed by atoms with Gasteiger partial charge in [0.05, 0.1) is 17.7 Å². The van der Waals surface area contributed by atoms with E-state index in [9.17, 15) is 20.1 Å². The number of amides is 1. The first kappa shape index (κ1) is 16.8. The quantitative estimate of drug-likeness (QED) is 0.503. The van der Waals surface area contributed by atoms with Crippen molar-refractivity contribution in [1.29, 1.82) is 0 Å². The molecule has 0 radical (unpaired) electrons. The second kappa shape index (κ2) is 5.21. The van der Waals surface area contributed by atoms with Gasteiger partial charge in [-0.3, -0.25) is 4.79 Å². The number of nitrogens with one attached hydrogen (secondary N) is 1. The average Bonchev–Trinajstić information content (AvgIpc) is 2.79. The zero-order valence-electron chi connectivity index (χ0n) is 14.2. The third-order valence-electron chi connectivity index (χ3n) is 6.79. The molecule has 6 nitrogen and oxygen atoms in total. The van der Waals surface area contributed by atoms with Gasteiger partial charge in [0.2, 0.25) is 5.91 Å². The van der Waals surface area contributed by atoms with Crippen LogP contribution in [-0.2, 0) is 4.79 Å². The minimum Gasteiger partial charge on any atom is -0.508 e. The number of benzene rings is 1. The van der Waals surface area contributed by atoms with Gasteiger partial charge in [-0.2, -0.15) is 5.10 Å². The summed E-state index contributed by atoms with van der Waals surface area (Å²) in [6, 6.07) is 4.15. The molecule has 2 fully saturated rings. The number of aliphatic hydroxyl groups excluding tert-OH is 1. The fourth-order valence-corrected chi connectivity index (χ4v) is 4.54. The Morgan fingerprint density at radius 1 is 1.29 bits per heavy atom. The zero-order valence-corrected chi connectivity index (χ0v) is 14.2. The summed E-state index contributed by atoms with van der Waals surface area (Å²) in [6.07, 6.45) is 2.85. The molecule has 1 amide bonds. The van der Waals surface area contributed by atoms with Crippen LogP contribution in [0.4, 0.5) is 0 Å². The van der Waals surface area contributed by atoms with Crippen molar-refractivity contribution in [3.63, 3.8) is 0 Å². The van der Waals surface area contributed by atoms with Crippen molar-refractivity contribution in [2.45, 2.75) is 46.1 Å². The summed E-state index contributed by atoms with van der Waals surface area (Å²) in [6.45, 7) is 6.15. The Balaban J connectivity index is 1.77. The van der Waals surface area contributed by atoms with Gasteiger partial charge in [0, 0.05) is 11.6 Å². The molecule has 0 spiro atoms. The van der Waals surface area contributed by atoms with Crippen molar-refractivity contribution < 1.29 is 20.1 Å². The van der Waals surface area contributed by atoms with E-state index < -0.39 is 11.5 Å². The molecule has 2 aliphatic rings. The van der Waals surface area contributed by atoms with Crippen LogP contribution in [0.2, 0.25) is 0 Å². The number of aliphatic hydroxyl groups is 1. The van der Waals surface area contributed by atoms with Gasteiger partial charge in [0.25, 0.3) is 0 Å². The van der Waals surface area contributed by atoms with Gasteiger partial charge in [-0.05, 0) is 42.2 Å². The molecule has 4 N–H and O–H groups in total. The summed E-state index contributed by atoms with van der Waals surface area (Å²) >= 11 is 0. The number of carbonyl (C=O) groups is 1. The first-order valence-corrected chi connectivity index (χ1v) is 8.18. The van der Waals surface area contributed by atoms with Gasteiger partial charge in [0.15, 0.2) is 0 Å². The Labute approximate surface area is 141 Å². The highest BCUT2D eigenvalue weighted by Gasteiger charge is 2.72. The molecule has 3 rings (SSSR count). The topological polar surface area (TPSA) is 102 Å². The van der Waals surface area contributed by atoms with Crippen LogP contribution in [0.25, 0.3) is 0 Å². The third-order valence-corrected chi connectivity index (χ3v) is 6.79. The van der Waals surface area contributed by atoms with Crippen LogP contribution in [0.3, 0.4) is 0 Å². The number of nitrogens with zero attached hydrogens (tertiary/aromatic N) is 1. The molecule has 3 atom stereocenters. The molecule has 2 bridgehead atoms. The summed E-state index contributed by atoms with van der Waals surface area (Å²) < 4.78 is 0. The second-order valence-corrected chi connectivity index (χ2v) is 7.79. The van der Waals surface area contributed by atoms with E-state index in [2.05, 4.69) is 17.5 Å². The summed E-state index contributed by atoms with van der Waals surface area (Å²) in [5, 5.41) is 33.4. The lowest BCUT2D eigenvalue weighted by molar-refractivity contribution is -0.136. The Hall–Kier alpha value is -2.08. The van der Waals surface area contributed by atoms with Crippen LogP contribution in [-0.4, -0.2) is 33.5 Å². The molecular weight excluding hydrogens is 308 g/mol. The van der Waals surface area contributed by atoms with Crippen LogP contribution < -0.4 is 5.43 Å². The van der Waals surface area contributed by atoms with E-state index in [1.165, 1.54) is 24.4 Å². The van der Waals surface area contributed by atoms with Crippen molar-refractivity contribution >= 4 is 12.1 Å². The SMILES string of the molecule is CC1(C)[C@@]2(C(=O)N/N=C\c3ccc(O)cc3O)CC[C@@]1(C)[C@@H](O)C2. The van der Waals surface area contributed by atoms with Crippen molar-refractivity contribution in [3.05, 3.63) is 23.8 Å². The van der Waals surface area contributed by atoms with Gasteiger partial charge in [-0.15, -0.1) is 0 Å². The van der Waals surface area contributed by atoms with Gasteiger partial charge < -0.3 is 15.3 Å². The molecule has 2 aliphatic carbocycles. The van der Waals surface area contributed by atoms with Crippen molar-refractivity contribution in [2.75, 3.05) is 0 Å². The lowest BCUT2D eigenvalue weighted by atomic mass is 9.64. The van der Waals surface area contributed by atoms with Gasteiger partial charge >= 0.3 is 0 Å². The van der Waals surface area contributed by atoms with E-state index in [0.717, 1.165) is 12.8 Å². The number of phenols is 2. The van der Waals surface area contributed by atoms with Crippen LogP contribution in [0.15, 0.2) is 23.3 Å². The molecule has 0 aliphatic heterocycles. The maximum absolute atomic E-state index is 12.8. The fraction of sp³-hybridized carbons (Fsp3) is 0.556. The number of hydrazone groups is 1. The average molecular weight is 332 g/mol. The molecule has 1 aromatic carbocycles. The van der Waals surface area contributed by atoms with E-state index >= 15 is 0 Å². The van der Waals surface area contributed by atoms with Gasteiger partial charge in [0.1, 0.15) is 11.5 Å². The monoisotopic (exact) mass is 332 g/mol. The number of aromatic hydroxyl groups is 2. The number of rotatable bonds is 3. The number of phenolic OH excluding ortho intramolecular Hbond substituents is 2. The van der Waals surface area contributed by atoms with E-state index in [0.29, 0.717) is 12.0 Å². The van der Waals surface area contributed by atoms with Gasteiger partial charge in [-0.1, -0.05) is 20.8 Å². The summed E-state index contributed by atoms with van der Waals surface area (Å²) in [7, 11) is 0. The number of carbonyl (C=O) groups excluding carboxylic acids is 1. The molecule has 0 heterocycles. The van der Waals surface area contributed by atoms with E-state index in [4.69, 9.17) is 0 Å². The zero-order chi connectivity index (χ0) is 17.8. The molecule has 6 heteroatoms. The summed E-state index contributed by atoms with van der Waals surface area (Å²) in [5.74, 6) is -0.349. The maximum atomic E-state index is 12.8. The van der Waals surface area contributed by atoms with Crippen LogP contribution in [0.1, 0.15) is 45.6 Å². The first-order valence-electron chi connectivity index (χ1n) is 8.18. The van der Waals surface area contributed by atoms with Crippen molar-refractivity contribution in [2.24, 2.45) is 21.3 Å². The van der Waals surface area contributed by atoms with Crippen LogP contribution >= 0.6 is 0 Å². The first-order chi connectivity index (χ1) is 11.1. The largest absolute Gasteiger partial charge is 0.508 e. The smallest absolute Gasteiger partial charge is 0.246 e. The minimum atomic E-state index is -0.629. The highest BCUT2D eigenvalue weighted by Crippen LogP contribution is 2.72. The molecule has 0 aromatic heterocycles. The van der Waals surface area contributed by atoms with Crippen molar-refractivity contribution in [3.8, 4) is 11.5 Å². The number of hydrogen-bond donors (Lipinski definition) is 4. The molecule has 2 saturated carbocycles. The predicted molar refractivity (Wildman–Crippen MR) is 89.7 cm³/mol. The Bertz CT molecular complexity index is 715. The Morgan fingerprint density at radius 3 is 2.54 bits per heavy atom. The lowest BCUT2D eigenvalue weighted by Crippen LogP contribution is -2.45. The molecular formula is C18H24N2O4.